The quantitative estimate of drug-likeness (QED) is 0.277. The van der Waals surface area contributed by atoms with E-state index in [1.165, 1.54) is 29.2 Å². The number of para-hydroxylation sites is 2. The van der Waals surface area contributed by atoms with Gasteiger partial charge in [0.1, 0.15) is 18.3 Å². The minimum atomic E-state index is -4.24. The molecule has 8 nitrogen and oxygen atoms in total. The van der Waals surface area contributed by atoms with E-state index < -0.39 is 28.5 Å². The topological polar surface area (TPSA) is 96.0 Å². The van der Waals surface area contributed by atoms with Crippen molar-refractivity contribution in [3.8, 4) is 5.75 Å². The van der Waals surface area contributed by atoms with Gasteiger partial charge in [-0.2, -0.15) is 0 Å². The largest absolute Gasteiger partial charge is 0.492 e. The van der Waals surface area contributed by atoms with Crippen LogP contribution in [0.4, 0.5) is 5.69 Å². The first-order valence-electron chi connectivity index (χ1n) is 13.6. The van der Waals surface area contributed by atoms with E-state index in [9.17, 15) is 18.0 Å². The second-order valence-electron chi connectivity index (χ2n) is 9.87. The molecule has 0 aliphatic rings. The molecule has 0 aliphatic heterocycles. The summed E-state index contributed by atoms with van der Waals surface area (Å²) in [6.07, 6.45) is 0.728. The van der Waals surface area contributed by atoms with Crippen molar-refractivity contribution in [2.24, 2.45) is 0 Å². The zero-order chi connectivity index (χ0) is 30.2. The van der Waals surface area contributed by atoms with Crippen LogP contribution in [0.3, 0.4) is 0 Å². The van der Waals surface area contributed by atoms with Crippen molar-refractivity contribution in [2.75, 3.05) is 17.5 Å². The Morgan fingerprint density at radius 1 is 0.976 bits per heavy atom. The lowest BCUT2D eigenvalue weighted by molar-refractivity contribution is -0.139. The molecular formula is C31H38ClN3O5S. The van der Waals surface area contributed by atoms with Gasteiger partial charge in [0, 0.05) is 17.6 Å². The maximum absolute atomic E-state index is 14.1. The molecule has 3 aromatic rings. The minimum absolute atomic E-state index is 0.0335. The van der Waals surface area contributed by atoms with E-state index in [0.717, 1.165) is 21.9 Å². The number of benzene rings is 3. The summed E-state index contributed by atoms with van der Waals surface area (Å²) >= 11 is 6.02. The summed E-state index contributed by atoms with van der Waals surface area (Å²) in [6.45, 7) is 9.10. The average molecular weight is 600 g/mol. The molecule has 3 aromatic carbocycles. The molecule has 3 rings (SSSR count). The highest BCUT2D eigenvalue weighted by molar-refractivity contribution is 7.92. The second-order valence-corrected chi connectivity index (χ2v) is 12.2. The molecule has 0 aromatic heterocycles. The zero-order valence-electron chi connectivity index (χ0n) is 24.1. The number of amides is 2. The fourth-order valence-corrected chi connectivity index (χ4v) is 5.79. The van der Waals surface area contributed by atoms with Gasteiger partial charge in [-0.1, -0.05) is 60.5 Å². The Morgan fingerprint density at radius 2 is 1.66 bits per heavy atom. The van der Waals surface area contributed by atoms with Crippen LogP contribution in [0, 0.1) is 6.92 Å². The number of nitrogens with zero attached hydrogens (tertiary/aromatic N) is 2. The van der Waals surface area contributed by atoms with Crippen LogP contribution in [-0.2, 0) is 26.2 Å². The Bertz CT molecular complexity index is 1450. The van der Waals surface area contributed by atoms with Crippen LogP contribution in [0.15, 0.2) is 77.7 Å². The predicted molar refractivity (Wildman–Crippen MR) is 163 cm³/mol. The summed E-state index contributed by atoms with van der Waals surface area (Å²) in [5.74, 6) is -0.544. The van der Waals surface area contributed by atoms with E-state index in [2.05, 4.69) is 5.32 Å². The third-order valence-corrected chi connectivity index (χ3v) is 8.74. The van der Waals surface area contributed by atoms with E-state index in [4.69, 9.17) is 16.3 Å². The van der Waals surface area contributed by atoms with Crippen LogP contribution in [0.2, 0.25) is 5.02 Å². The SMILES string of the molecule is CCOc1ccccc1N(CC(=O)N(Cc1cccc(C)c1)[C@H](C)C(=O)N[C@H](C)CC)S(=O)(=O)c1ccc(Cl)cc1. The number of halogens is 1. The maximum atomic E-state index is 14.1. The van der Waals surface area contributed by atoms with Crippen molar-refractivity contribution in [2.45, 2.75) is 64.6 Å². The average Bonchev–Trinajstić information content (AvgIpc) is 2.95. The molecule has 0 spiro atoms. The molecular weight excluding hydrogens is 562 g/mol. The number of hydrogen-bond acceptors (Lipinski definition) is 5. The molecule has 41 heavy (non-hydrogen) atoms. The monoisotopic (exact) mass is 599 g/mol. The third-order valence-electron chi connectivity index (χ3n) is 6.72. The highest BCUT2D eigenvalue weighted by atomic mass is 35.5. The molecule has 10 heteroatoms. The second kappa shape index (κ2) is 14.4. The number of carbonyl (C=O) groups excluding carboxylic acids is 2. The number of hydrogen-bond donors (Lipinski definition) is 1. The normalized spacial score (nSPS) is 12.7. The van der Waals surface area contributed by atoms with Gasteiger partial charge in [-0.25, -0.2) is 8.42 Å². The Morgan fingerprint density at radius 3 is 2.29 bits per heavy atom. The first-order valence-corrected chi connectivity index (χ1v) is 15.4. The lowest BCUT2D eigenvalue weighted by atomic mass is 10.1. The van der Waals surface area contributed by atoms with E-state index in [-0.39, 0.29) is 29.1 Å². The molecule has 0 radical (unpaired) electrons. The Kier molecular flexibility index (Phi) is 11.2. The van der Waals surface area contributed by atoms with Gasteiger partial charge in [-0.05, 0) is 76.1 Å². The Labute approximate surface area is 248 Å². The molecule has 0 bridgehead atoms. The summed E-state index contributed by atoms with van der Waals surface area (Å²) in [5.41, 5.74) is 2.04. The zero-order valence-corrected chi connectivity index (χ0v) is 25.7. The van der Waals surface area contributed by atoms with Gasteiger partial charge in [0.05, 0.1) is 17.2 Å². The van der Waals surface area contributed by atoms with Crippen LogP contribution in [0.5, 0.6) is 5.75 Å². The number of rotatable bonds is 13. The smallest absolute Gasteiger partial charge is 0.264 e. The molecule has 0 aliphatic carbocycles. The molecule has 2 atom stereocenters. The number of ether oxygens (including phenoxy) is 1. The predicted octanol–water partition coefficient (Wildman–Crippen LogP) is 5.57. The van der Waals surface area contributed by atoms with Crippen molar-refractivity contribution in [1.82, 2.24) is 10.2 Å². The van der Waals surface area contributed by atoms with Crippen molar-refractivity contribution in [1.29, 1.82) is 0 Å². The fraction of sp³-hybridized carbons (Fsp3) is 0.355. The van der Waals surface area contributed by atoms with Crippen LogP contribution < -0.4 is 14.4 Å². The van der Waals surface area contributed by atoms with Crippen LogP contribution in [0.1, 0.15) is 45.2 Å². The maximum Gasteiger partial charge on any atom is 0.264 e. The highest BCUT2D eigenvalue weighted by Crippen LogP contribution is 2.33. The minimum Gasteiger partial charge on any atom is -0.492 e. The van der Waals surface area contributed by atoms with Crippen molar-refractivity contribution in [3.05, 3.63) is 88.9 Å². The van der Waals surface area contributed by atoms with Gasteiger partial charge in [0.25, 0.3) is 10.0 Å². The van der Waals surface area contributed by atoms with E-state index >= 15 is 0 Å². The summed E-state index contributed by atoms with van der Waals surface area (Å²) in [7, 11) is -4.24. The number of aryl methyl sites for hydroxylation is 1. The molecule has 0 heterocycles. The molecule has 220 valence electrons. The van der Waals surface area contributed by atoms with E-state index in [0.29, 0.717) is 17.4 Å². The molecule has 0 unspecified atom stereocenters. The van der Waals surface area contributed by atoms with Crippen molar-refractivity contribution < 1.29 is 22.7 Å². The fourth-order valence-electron chi connectivity index (χ4n) is 4.24. The molecule has 0 fully saturated rings. The first-order chi connectivity index (χ1) is 19.5. The first kappa shape index (κ1) is 32.0. The lowest BCUT2D eigenvalue weighted by Crippen LogP contribution is -2.52. The lowest BCUT2D eigenvalue weighted by Gasteiger charge is -2.33. The molecule has 0 saturated heterocycles. The van der Waals surface area contributed by atoms with Crippen LogP contribution in [-0.4, -0.2) is 50.4 Å². The van der Waals surface area contributed by atoms with Gasteiger partial charge < -0.3 is 15.0 Å². The van der Waals surface area contributed by atoms with E-state index in [1.54, 1.807) is 38.1 Å². The van der Waals surface area contributed by atoms with Crippen molar-refractivity contribution >= 4 is 39.1 Å². The summed E-state index contributed by atoms with van der Waals surface area (Å²) in [6, 6.07) is 19.1. The standard InChI is InChI=1S/C31H38ClN3O5S/c1-6-23(4)33-31(37)24(5)34(20-25-12-10-11-22(3)19-25)30(36)21-35(28-13-8-9-14-29(28)40-7-2)41(38,39)27-17-15-26(32)16-18-27/h8-19,23-24H,6-7,20-21H2,1-5H3,(H,33,37)/t23-,24-/m1/s1. The highest BCUT2D eigenvalue weighted by Gasteiger charge is 2.34. The summed E-state index contributed by atoms with van der Waals surface area (Å²) < 4.78 is 34.8. The van der Waals surface area contributed by atoms with E-state index in [1.807, 2.05) is 45.0 Å². The molecule has 2 amide bonds. The molecule has 0 saturated carbocycles. The number of sulfonamides is 1. The van der Waals surface area contributed by atoms with Crippen molar-refractivity contribution in [3.63, 3.8) is 0 Å². The third kappa shape index (κ3) is 8.24. The Hall–Kier alpha value is -3.56. The van der Waals surface area contributed by atoms with Gasteiger partial charge in [-0.3, -0.25) is 13.9 Å². The van der Waals surface area contributed by atoms with Gasteiger partial charge >= 0.3 is 0 Å². The van der Waals surface area contributed by atoms with Gasteiger partial charge in [0.15, 0.2) is 0 Å². The number of carbonyl (C=O) groups is 2. The number of nitrogens with one attached hydrogen (secondary N) is 1. The number of anilines is 1. The van der Waals surface area contributed by atoms with Crippen LogP contribution >= 0.6 is 11.6 Å². The summed E-state index contributed by atoms with van der Waals surface area (Å²) in [5, 5.41) is 3.32. The summed E-state index contributed by atoms with van der Waals surface area (Å²) in [4.78, 5) is 28.7. The Balaban J connectivity index is 2.08. The molecule has 1 N–H and O–H groups in total. The van der Waals surface area contributed by atoms with Crippen LogP contribution in [0.25, 0.3) is 0 Å². The van der Waals surface area contributed by atoms with Gasteiger partial charge in [-0.15, -0.1) is 0 Å². The van der Waals surface area contributed by atoms with Gasteiger partial charge in [0.2, 0.25) is 11.8 Å².